The molecule has 2 nitrogen and oxygen atoms in total. The topological polar surface area (TPSA) is 21.3 Å². The molecule has 1 saturated heterocycles. The summed E-state index contributed by atoms with van der Waals surface area (Å²) in [5.74, 6) is 1.94. The quantitative estimate of drug-likeness (QED) is 0.717. The molecule has 1 heterocycles. The lowest BCUT2D eigenvalue weighted by molar-refractivity contribution is 0.105. The van der Waals surface area contributed by atoms with Crippen LogP contribution in [0.5, 0.6) is 0 Å². The summed E-state index contributed by atoms with van der Waals surface area (Å²) < 4.78 is 5.55. The van der Waals surface area contributed by atoms with Gasteiger partial charge >= 0.3 is 0 Å². The summed E-state index contributed by atoms with van der Waals surface area (Å²) in [5, 5.41) is 3.52. The van der Waals surface area contributed by atoms with Gasteiger partial charge in [0.15, 0.2) is 0 Å². The monoisotopic (exact) mass is 183 g/mol. The minimum atomic E-state index is 0.512. The number of hydrogen-bond donors (Lipinski definition) is 1. The third-order valence-electron chi connectivity index (χ3n) is 3.30. The van der Waals surface area contributed by atoms with E-state index in [1.54, 1.807) is 0 Å². The minimum absolute atomic E-state index is 0.512. The van der Waals surface area contributed by atoms with E-state index in [1.165, 1.54) is 32.2 Å². The maximum absolute atomic E-state index is 5.55. The highest BCUT2D eigenvalue weighted by Crippen LogP contribution is 2.32. The predicted molar refractivity (Wildman–Crippen MR) is 53.7 cm³/mol. The third kappa shape index (κ3) is 2.68. The maximum atomic E-state index is 5.55. The summed E-state index contributed by atoms with van der Waals surface area (Å²) in [7, 11) is 0. The van der Waals surface area contributed by atoms with Gasteiger partial charge < -0.3 is 10.1 Å². The standard InChI is InChI=1S/C11H21NO/c1-9-5-10(6-9)7-12-8-11-3-2-4-13-11/h9-12H,2-8H2,1H3/t9?,10?,11-/m0/s1. The van der Waals surface area contributed by atoms with Crippen molar-refractivity contribution in [2.24, 2.45) is 11.8 Å². The summed E-state index contributed by atoms with van der Waals surface area (Å²) >= 11 is 0. The lowest BCUT2D eigenvalue weighted by atomic mass is 9.76. The molecule has 76 valence electrons. The Kier molecular flexibility index (Phi) is 3.23. The van der Waals surface area contributed by atoms with Crippen molar-refractivity contribution in [2.45, 2.75) is 38.7 Å². The van der Waals surface area contributed by atoms with Crippen molar-refractivity contribution in [1.82, 2.24) is 5.32 Å². The second kappa shape index (κ2) is 4.43. The van der Waals surface area contributed by atoms with Gasteiger partial charge in [0, 0.05) is 13.2 Å². The van der Waals surface area contributed by atoms with Crippen molar-refractivity contribution in [3.8, 4) is 0 Å². The second-order valence-electron chi connectivity index (χ2n) is 4.74. The van der Waals surface area contributed by atoms with Crippen molar-refractivity contribution in [3.63, 3.8) is 0 Å². The maximum Gasteiger partial charge on any atom is 0.0700 e. The van der Waals surface area contributed by atoms with Crippen molar-refractivity contribution in [3.05, 3.63) is 0 Å². The van der Waals surface area contributed by atoms with Crippen LogP contribution in [0.4, 0.5) is 0 Å². The molecule has 0 spiro atoms. The van der Waals surface area contributed by atoms with Crippen LogP contribution in [0.25, 0.3) is 0 Å². The minimum Gasteiger partial charge on any atom is -0.377 e. The highest BCUT2D eigenvalue weighted by Gasteiger charge is 2.25. The van der Waals surface area contributed by atoms with E-state index < -0.39 is 0 Å². The molecule has 2 aliphatic rings. The molecular weight excluding hydrogens is 162 g/mol. The van der Waals surface area contributed by atoms with E-state index in [0.29, 0.717) is 6.10 Å². The Hall–Kier alpha value is -0.0800. The van der Waals surface area contributed by atoms with Gasteiger partial charge in [-0.2, -0.15) is 0 Å². The molecule has 0 unspecified atom stereocenters. The molecule has 2 heteroatoms. The fourth-order valence-electron chi connectivity index (χ4n) is 2.49. The zero-order valence-corrected chi connectivity index (χ0v) is 8.59. The van der Waals surface area contributed by atoms with Gasteiger partial charge in [0.05, 0.1) is 6.10 Å². The molecule has 1 aliphatic heterocycles. The van der Waals surface area contributed by atoms with Crippen molar-refractivity contribution >= 4 is 0 Å². The van der Waals surface area contributed by atoms with Gasteiger partial charge in [-0.15, -0.1) is 0 Å². The predicted octanol–water partition coefficient (Wildman–Crippen LogP) is 1.80. The van der Waals surface area contributed by atoms with Crippen LogP contribution in [0, 0.1) is 11.8 Å². The van der Waals surface area contributed by atoms with Crippen LogP contribution in [0.15, 0.2) is 0 Å². The van der Waals surface area contributed by atoms with Gasteiger partial charge in [0.1, 0.15) is 0 Å². The molecule has 2 fully saturated rings. The molecule has 1 atom stereocenters. The highest BCUT2D eigenvalue weighted by atomic mass is 16.5. The van der Waals surface area contributed by atoms with Gasteiger partial charge in [-0.1, -0.05) is 6.92 Å². The summed E-state index contributed by atoms with van der Waals surface area (Å²) in [4.78, 5) is 0. The average molecular weight is 183 g/mol. The van der Waals surface area contributed by atoms with Crippen LogP contribution in [0.1, 0.15) is 32.6 Å². The Balaban J connectivity index is 1.49. The number of nitrogens with one attached hydrogen (secondary N) is 1. The zero-order chi connectivity index (χ0) is 9.10. The first-order valence-electron chi connectivity index (χ1n) is 5.67. The summed E-state index contributed by atoms with van der Waals surface area (Å²) in [6.45, 7) is 5.61. The smallest absolute Gasteiger partial charge is 0.0700 e. The Morgan fingerprint density at radius 1 is 1.31 bits per heavy atom. The van der Waals surface area contributed by atoms with E-state index in [-0.39, 0.29) is 0 Å². The van der Waals surface area contributed by atoms with Gasteiger partial charge in [-0.05, 0) is 44.1 Å². The van der Waals surface area contributed by atoms with Gasteiger partial charge in [-0.3, -0.25) is 0 Å². The summed E-state index contributed by atoms with van der Waals surface area (Å²) in [5.41, 5.74) is 0. The van der Waals surface area contributed by atoms with Crippen LogP contribution in [0.3, 0.4) is 0 Å². The SMILES string of the molecule is CC1CC(CNC[C@@H]2CCCO2)C1. The molecule has 0 aromatic carbocycles. The van der Waals surface area contributed by atoms with Gasteiger partial charge in [-0.25, -0.2) is 0 Å². The first kappa shape index (κ1) is 9.47. The van der Waals surface area contributed by atoms with Crippen molar-refractivity contribution in [2.75, 3.05) is 19.7 Å². The Morgan fingerprint density at radius 3 is 2.77 bits per heavy atom. The molecule has 2 rings (SSSR count). The Morgan fingerprint density at radius 2 is 2.15 bits per heavy atom. The lowest BCUT2D eigenvalue weighted by Gasteiger charge is -2.33. The zero-order valence-electron chi connectivity index (χ0n) is 8.59. The Bertz CT molecular complexity index is 148. The molecule has 0 aromatic rings. The van der Waals surface area contributed by atoms with E-state index in [1.807, 2.05) is 0 Å². The van der Waals surface area contributed by atoms with Crippen LogP contribution < -0.4 is 5.32 Å². The van der Waals surface area contributed by atoms with Gasteiger partial charge in [0.25, 0.3) is 0 Å². The van der Waals surface area contributed by atoms with Crippen LogP contribution in [-0.4, -0.2) is 25.8 Å². The fraction of sp³-hybridized carbons (Fsp3) is 1.00. The first-order valence-corrected chi connectivity index (χ1v) is 5.67. The molecule has 0 radical (unpaired) electrons. The van der Waals surface area contributed by atoms with E-state index >= 15 is 0 Å². The van der Waals surface area contributed by atoms with Crippen LogP contribution in [0.2, 0.25) is 0 Å². The van der Waals surface area contributed by atoms with Crippen molar-refractivity contribution in [1.29, 1.82) is 0 Å². The van der Waals surface area contributed by atoms with E-state index in [0.717, 1.165) is 25.0 Å². The largest absolute Gasteiger partial charge is 0.377 e. The van der Waals surface area contributed by atoms with E-state index in [9.17, 15) is 0 Å². The highest BCUT2D eigenvalue weighted by molar-refractivity contribution is 4.78. The van der Waals surface area contributed by atoms with E-state index in [4.69, 9.17) is 4.74 Å². The number of ether oxygens (including phenoxy) is 1. The summed E-state index contributed by atoms with van der Waals surface area (Å²) in [6, 6.07) is 0. The number of rotatable bonds is 4. The first-order chi connectivity index (χ1) is 6.34. The second-order valence-corrected chi connectivity index (χ2v) is 4.74. The van der Waals surface area contributed by atoms with Crippen LogP contribution >= 0.6 is 0 Å². The third-order valence-corrected chi connectivity index (χ3v) is 3.30. The molecule has 0 bridgehead atoms. The lowest BCUT2D eigenvalue weighted by Crippen LogP contribution is -2.35. The Labute approximate surface area is 81.0 Å². The van der Waals surface area contributed by atoms with Crippen molar-refractivity contribution < 1.29 is 4.74 Å². The average Bonchev–Trinajstić information content (AvgIpc) is 2.53. The number of hydrogen-bond acceptors (Lipinski definition) is 2. The van der Waals surface area contributed by atoms with Gasteiger partial charge in [0.2, 0.25) is 0 Å². The summed E-state index contributed by atoms with van der Waals surface area (Å²) in [6.07, 6.45) is 5.88. The fourth-order valence-corrected chi connectivity index (χ4v) is 2.49. The van der Waals surface area contributed by atoms with E-state index in [2.05, 4.69) is 12.2 Å². The molecule has 1 N–H and O–H groups in total. The molecule has 0 aromatic heterocycles. The molecular formula is C11H21NO. The molecule has 0 amide bonds. The molecule has 1 saturated carbocycles. The molecule has 13 heavy (non-hydrogen) atoms. The normalized spacial score (nSPS) is 39.0. The van der Waals surface area contributed by atoms with Crippen LogP contribution in [-0.2, 0) is 4.74 Å². The molecule has 1 aliphatic carbocycles.